The number of rotatable bonds is 5. The fourth-order valence-electron chi connectivity index (χ4n) is 2.50. The van der Waals surface area contributed by atoms with Gasteiger partial charge in [0.25, 0.3) is 17.4 Å². The van der Waals surface area contributed by atoms with Crippen LogP contribution in [0.3, 0.4) is 0 Å². The Labute approximate surface area is 154 Å². The van der Waals surface area contributed by atoms with Crippen molar-refractivity contribution in [2.24, 2.45) is 5.73 Å². The van der Waals surface area contributed by atoms with Gasteiger partial charge in [-0.1, -0.05) is 30.3 Å². The van der Waals surface area contributed by atoms with Crippen LogP contribution < -0.4 is 21.3 Å². The molecule has 3 aromatic rings. The zero-order chi connectivity index (χ0) is 19.4. The highest BCUT2D eigenvalue weighted by Crippen LogP contribution is 2.19. The summed E-state index contributed by atoms with van der Waals surface area (Å²) >= 11 is 0. The number of hydrogen-bond donors (Lipinski definition) is 3. The predicted molar refractivity (Wildman–Crippen MR) is 99.8 cm³/mol. The van der Waals surface area contributed by atoms with Crippen molar-refractivity contribution in [3.63, 3.8) is 0 Å². The number of aromatic amines is 1. The van der Waals surface area contributed by atoms with Gasteiger partial charge in [0.15, 0.2) is 0 Å². The minimum atomic E-state index is -0.750. The zero-order valence-electron chi connectivity index (χ0n) is 14.4. The second-order valence-corrected chi connectivity index (χ2v) is 5.58. The van der Waals surface area contributed by atoms with Crippen LogP contribution in [0.25, 0.3) is 11.3 Å². The van der Waals surface area contributed by atoms with Crippen molar-refractivity contribution in [2.45, 2.75) is 0 Å². The molecule has 2 heterocycles. The first-order chi connectivity index (χ1) is 13.0. The van der Waals surface area contributed by atoms with E-state index in [1.807, 2.05) is 30.3 Å². The Kier molecular flexibility index (Phi) is 4.98. The van der Waals surface area contributed by atoms with Crippen LogP contribution in [-0.4, -0.2) is 28.9 Å². The van der Waals surface area contributed by atoms with E-state index in [-0.39, 0.29) is 22.7 Å². The van der Waals surface area contributed by atoms with E-state index in [0.717, 1.165) is 5.56 Å². The first-order valence-electron chi connectivity index (χ1n) is 7.93. The van der Waals surface area contributed by atoms with E-state index in [1.165, 1.54) is 25.4 Å². The average molecular weight is 364 g/mol. The van der Waals surface area contributed by atoms with Crippen molar-refractivity contribution >= 4 is 17.5 Å². The highest BCUT2D eigenvalue weighted by molar-refractivity contribution is 6.05. The van der Waals surface area contributed by atoms with Crippen LogP contribution in [0.5, 0.6) is 5.88 Å². The fraction of sp³-hybridized carbons (Fsp3) is 0.0526. The molecule has 0 radical (unpaired) electrons. The molecule has 0 saturated heterocycles. The van der Waals surface area contributed by atoms with Gasteiger partial charge in [0.1, 0.15) is 11.1 Å². The molecule has 0 aliphatic heterocycles. The SMILES string of the molecule is COc1ncc(NC(=O)c2ccc(-c3ccccc3)[nH]c2=O)cc1C(N)=O. The second kappa shape index (κ2) is 7.52. The fourth-order valence-corrected chi connectivity index (χ4v) is 2.50. The number of anilines is 1. The summed E-state index contributed by atoms with van der Waals surface area (Å²) in [5.74, 6) is -1.34. The van der Waals surface area contributed by atoms with Crippen LogP contribution in [0.4, 0.5) is 5.69 Å². The molecule has 0 bridgehead atoms. The summed E-state index contributed by atoms with van der Waals surface area (Å²) < 4.78 is 4.95. The normalized spacial score (nSPS) is 10.3. The summed E-state index contributed by atoms with van der Waals surface area (Å²) in [5, 5.41) is 2.52. The number of H-pyrrole nitrogens is 1. The van der Waals surface area contributed by atoms with Crippen molar-refractivity contribution in [2.75, 3.05) is 12.4 Å². The first kappa shape index (κ1) is 17.9. The number of primary amides is 1. The number of ether oxygens (including phenoxy) is 1. The smallest absolute Gasteiger partial charge is 0.261 e. The van der Waals surface area contributed by atoms with Crippen molar-refractivity contribution in [3.05, 3.63) is 76.2 Å². The molecule has 0 spiro atoms. The van der Waals surface area contributed by atoms with E-state index in [2.05, 4.69) is 15.3 Å². The molecule has 2 aromatic heterocycles. The zero-order valence-corrected chi connectivity index (χ0v) is 14.4. The summed E-state index contributed by atoms with van der Waals surface area (Å²) in [6.45, 7) is 0. The Hall–Kier alpha value is -3.94. The number of pyridine rings is 2. The molecule has 8 heteroatoms. The Balaban J connectivity index is 1.86. The molecule has 8 nitrogen and oxygen atoms in total. The topological polar surface area (TPSA) is 127 Å². The number of amides is 2. The van der Waals surface area contributed by atoms with E-state index in [4.69, 9.17) is 10.5 Å². The number of carbonyl (C=O) groups excluding carboxylic acids is 2. The van der Waals surface area contributed by atoms with E-state index < -0.39 is 17.4 Å². The predicted octanol–water partition coefficient (Wildman–Crippen LogP) is 1.80. The van der Waals surface area contributed by atoms with Crippen molar-refractivity contribution < 1.29 is 14.3 Å². The number of carbonyl (C=O) groups is 2. The number of nitrogens with two attached hydrogens (primary N) is 1. The van der Waals surface area contributed by atoms with Crippen LogP contribution in [0.15, 0.2) is 59.5 Å². The Morgan fingerprint density at radius 3 is 2.48 bits per heavy atom. The molecule has 136 valence electrons. The number of benzene rings is 1. The van der Waals surface area contributed by atoms with Crippen molar-refractivity contribution in [3.8, 4) is 17.1 Å². The van der Waals surface area contributed by atoms with Gasteiger partial charge in [-0.05, 0) is 23.8 Å². The molecule has 0 saturated carbocycles. The molecule has 27 heavy (non-hydrogen) atoms. The van der Waals surface area contributed by atoms with E-state index in [1.54, 1.807) is 6.07 Å². The second-order valence-electron chi connectivity index (χ2n) is 5.58. The van der Waals surface area contributed by atoms with Crippen LogP contribution >= 0.6 is 0 Å². The third-order valence-corrected chi connectivity index (χ3v) is 3.81. The standard InChI is InChI=1S/C19H16N4O4/c1-27-19-14(16(20)24)9-12(10-21-19)22-17(25)13-7-8-15(23-18(13)26)11-5-3-2-4-6-11/h2-10H,1H3,(H2,20,24)(H,22,25)(H,23,26). The molecular formula is C19H16N4O4. The van der Waals surface area contributed by atoms with Gasteiger partial charge in [0.2, 0.25) is 5.88 Å². The summed E-state index contributed by atoms with van der Waals surface area (Å²) in [6, 6.07) is 13.7. The lowest BCUT2D eigenvalue weighted by atomic mass is 10.1. The number of hydrogen-bond acceptors (Lipinski definition) is 5. The largest absolute Gasteiger partial charge is 0.480 e. The summed E-state index contributed by atoms with van der Waals surface area (Å²) in [7, 11) is 1.35. The number of aromatic nitrogens is 2. The number of nitrogens with zero attached hydrogens (tertiary/aromatic N) is 1. The Bertz CT molecular complexity index is 1060. The van der Waals surface area contributed by atoms with E-state index >= 15 is 0 Å². The molecule has 0 fully saturated rings. The van der Waals surface area contributed by atoms with Gasteiger partial charge >= 0.3 is 0 Å². The van der Waals surface area contributed by atoms with E-state index in [0.29, 0.717) is 5.69 Å². The van der Waals surface area contributed by atoms with Gasteiger partial charge in [0.05, 0.1) is 19.0 Å². The Morgan fingerprint density at radius 1 is 1.11 bits per heavy atom. The maximum Gasteiger partial charge on any atom is 0.261 e. The van der Waals surface area contributed by atoms with Crippen molar-refractivity contribution in [1.82, 2.24) is 9.97 Å². The molecule has 0 aliphatic rings. The first-order valence-corrected chi connectivity index (χ1v) is 7.93. The Morgan fingerprint density at radius 2 is 1.85 bits per heavy atom. The highest BCUT2D eigenvalue weighted by Gasteiger charge is 2.15. The molecule has 4 N–H and O–H groups in total. The van der Waals surface area contributed by atoms with Gasteiger partial charge in [-0.3, -0.25) is 14.4 Å². The molecule has 2 amide bonds. The van der Waals surface area contributed by atoms with Crippen LogP contribution in [0.2, 0.25) is 0 Å². The van der Waals surface area contributed by atoms with Gasteiger partial charge < -0.3 is 20.8 Å². The number of nitrogens with one attached hydrogen (secondary N) is 2. The minimum Gasteiger partial charge on any atom is -0.480 e. The highest BCUT2D eigenvalue weighted by atomic mass is 16.5. The van der Waals surface area contributed by atoms with E-state index in [9.17, 15) is 14.4 Å². The van der Waals surface area contributed by atoms with Gasteiger partial charge in [-0.25, -0.2) is 4.98 Å². The molecule has 0 aliphatic carbocycles. The monoisotopic (exact) mass is 364 g/mol. The van der Waals surface area contributed by atoms with Gasteiger partial charge in [-0.2, -0.15) is 0 Å². The quantitative estimate of drug-likeness (QED) is 0.636. The van der Waals surface area contributed by atoms with Crippen LogP contribution in [0.1, 0.15) is 20.7 Å². The van der Waals surface area contributed by atoms with Gasteiger partial charge in [-0.15, -0.1) is 0 Å². The lowest BCUT2D eigenvalue weighted by Gasteiger charge is -2.09. The molecule has 0 unspecified atom stereocenters. The third kappa shape index (κ3) is 3.84. The lowest BCUT2D eigenvalue weighted by Crippen LogP contribution is -2.23. The van der Waals surface area contributed by atoms with Crippen molar-refractivity contribution in [1.29, 1.82) is 0 Å². The molecule has 0 atom stereocenters. The maximum absolute atomic E-state index is 12.4. The summed E-state index contributed by atoms with van der Waals surface area (Å²) in [6.07, 6.45) is 1.30. The third-order valence-electron chi connectivity index (χ3n) is 3.81. The minimum absolute atomic E-state index is 0.0173. The molecule has 1 aromatic carbocycles. The van der Waals surface area contributed by atoms with Crippen LogP contribution in [-0.2, 0) is 0 Å². The average Bonchev–Trinajstić information content (AvgIpc) is 2.68. The molecule has 3 rings (SSSR count). The summed E-state index contributed by atoms with van der Waals surface area (Å²) in [5.41, 5.74) is 6.31. The lowest BCUT2D eigenvalue weighted by molar-refractivity contribution is 0.0992. The van der Waals surface area contributed by atoms with Gasteiger partial charge in [0, 0.05) is 5.69 Å². The van der Waals surface area contributed by atoms with Crippen LogP contribution in [0, 0.1) is 0 Å². The summed E-state index contributed by atoms with van der Waals surface area (Å²) in [4.78, 5) is 42.8. The molecular weight excluding hydrogens is 348 g/mol. The number of methoxy groups -OCH3 is 1. The maximum atomic E-state index is 12.4.